The quantitative estimate of drug-likeness (QED) is 0.715. The van der Waals surface area contributed by atoms with Gasteiger partial charge in [-0.1, -0.05) is 39.0 Å². The van der Waals surface area contributed by atoms with E-state index in [-0.39, 0.29) is 0 Å². The van der Waals surface area contributed by atoms with E-state index in [1.54, 1.807) is 0 Å². The smallest absolute Gasteiger partial charge is 0.00205 e. The van der Waals surface area contributed by atoms with Gasteiger partial charge in [0, 0.05) is 0 Å². The lowest BCUT2D eigenvalue weighted by Gasteiger charge is -2.21. The second-order valence-corrected chi connectivity index (χ2v) is 5.78. The Hall–Kier alpha value is -0.820. The number of benzene rings is 1. The molecule has 0 aliphatic heterocycles. The second-order valence-electron chi connectivity index (χ2n) is 5.78. The van der Waals surface area contributed by atoms with E-state index in [1.807, 2.05) is 0 Å². The molecule has 1 N–H and O–H groups in total. The van der Waals surface area contributed by atoms with E-state index in [0.29, 0.717) is 0 Å². The molecule has 102 valence electrons. The van der Waals surface area contributed by atoms with Crippen LogP contribution in [0.25, 0.3) is 0 Å². The van der Waals surface area contributed by atoms with E-state index in [0.717, 1.165) is 24.9 Å². The molecule has 0 bridgehead atoms. The summed E-state index contributed by atoms with van der Waals surface area (Å²) >= 11 is 0. The van der Waals surface area contributed by atoms with E-state index in [2.05, 4.69) is 58.1 Å². The van der Waals surface area contributed by atoms with E-state index >= 15 is 0 Å². The van der Waals surface area contributed by atoms with Crippen LogP contribution >= 0.6 is 0 Å². The lowest BCUT2D eigenvalue weighted by atomic mass is 9.88. The van der Waals surface area contributed by atoms with Crippen LogP contribution in [0.15, 0.2) is 18.2 Å². The monoisotopic (exact) mass is 247 g/mol. The summed E-state index contributed by atoms with van der Waals surface area (Å²) in [5.74, 6) is 1.47. The Morgan fingerprint density at radius 2 is 1.78 bits per heavy atom. The third-order valence-corrected chi connectivity index (χ3v) is 3.99. The van der Waals surface area contributed by atoms with Crippen molar-refractivity contribution in [3.63, 3.8) is 0 Å². The van der Waals surface area contributed by atoms with Gasteiger partial charge in [-0.2, -0.15) is 0 Å². The zero-order valence-corrected chi connectivity index (χ0v) is 12.7. The third-order valence-electron chi connectivity index (χ3n) is 3.99. The van der Waals surface area contributed by atoms with Crippen molar-refractivity contribution in [3.8, 4) is 0 Å². The van der Waals surface area contributed by atoms with Crippen molar-refractivity contribution in [1.82, 2.24) is 5.32 Å². The SMILES string of the molecule is CCCNCC(C)C(C)Cc1ccc(C)c(C)c1. The van der Waals surface area contributed by atoms with Gasteiger partial charge in [-0.15, -0.1) is 0 Å². The maximum Gasteiger partial charge on any atom is -0.00205 e. The van der Waals surface area contributed by atoms with Gasteiger partial charge < -0.3 is 5.32 Å². The lowest BCUT2D eigenvalue weighted by molar-refractivity contribution is 0.365. The third kappa shape index (κ3) is 4.81. The zero-order chi connectivity index (χ0) is 13.5. The first kappa shape index (κ1) is 15.2. The van der Waals surface area contributed by atoms with E-state index < -0.39 is 0 Å². The molecule has 1 nitrogen and oxygen atoms in total. The number of aryl methyl sites for hydroxylation is 2. The first-order valence-corrected chi connectivity index (χ1v) is 7.31. The van der Waals surface area contributed by atoms with Crippen LogP contribution in [0.5, 0.6) is 0 Å². The molecule has 1 aromatic carbocycles. The van der Waals surface area contributed by atoms with E-state index in [9.17, 15) is 0 Å². The molecular formula is C17H29N. The average Bonchev–Trinajstić information content (AvgIpc) is 2.34. The fourth-order valence-electron chi connectivity index (χ4n) is 2.21. The summed E-state index contributed by atoms with van der Waals surface area (Å²) in [6, 6.07) is 6.88. The molecule has 0 aliphatic rings. The maximum atomic E-state index is 3.52. The largest absolute Gasteiger partial charge is 0.316 e. The molecule has 1 rings (SSSR count). The molecule has 0 amide bonds. The van der Waals surface area contributed by atoms with Crippen LogP contribution in [-0.4, -0.2) is 13.1 Å². The van der Waals surface area contributed by atoms with Crippen LogP contribution in [0.3, 0.4) is 0 Å². The summed E-state index contributed by atoms with van der Waals surface area (Å²) in [5, 5.41) is 3.52. The Labute approximate surface area is 113 Å². The summed E-state index contributed by atoms with van der Waals surface area (Å²) in [6.07, 6.45) is 2.41. The molecule has 2 unspecified atom stereocenters. The Kier molecular flexibility index (Phi) is 6.42. The predicted octanol–water partition coefficient (Wildman–Crippen LogP) is 4.12. The molecule has 1 aromatic rings. The lowest BCUT2D eigenvalue weighted by Crippen LogP contribution is -2.26. The fraction of sp³-hybridized carbons (Fsp3) is 0.647. The van der Waals surface area contributed by atoms with Gasteiger partial charge >= 0.3 is 0 Å². The van der Waals surface area contributed by atoms with Crippen molar-refractivity contribution in [2.75, 3.05) is 13.1 Å². The van der Waals surface area contributed by atoms with Crippen molar-refractivity contribution >= 4 is 0 Å². The number of rotatable bonds is 7. The number of hydrogen-bond acceptors (Lipinski definition) is 1. The highest BCUT2D eigenvalue weighted by Gasteiger charge is 2.12. The average molecular weight is 247 g/mol. The van der Waals surface area contributed by atoms with Gasteiger partial charge in [0.15, 0.2) is 0 Å². The molecule has 0 saturated carbocycles. The second kappa shape index (κ2) is 7.58. The highest BCUT2D eigenvalue weighted by molar-refractivity contribution is 5.30. The number of nitrogens with one attached hydrogen (secondary N) is 1. The molecule has 1 heteroatoms. The molecule has 0 radical (unpaired) electrons. The highest BCUT2D eigenvalue weighted by Crippen LogP contribution is 2.18. The van der Waals surface area contributed by atoms with Crippen molar-refractivity contribution in [3.05, 3.63) is 34.9 Å². The van der Waals surface area contributed by atoms with Crippen molar-refractivity contribution in [1.29, 1.82) is 0 Å². The molecular weight excluding hydrogens is 218 g/mol. The summed E-state index contributed by atoms with van der Waals surface area (Å²) < 4.78 is 0. The standard InChI is InChI=1S/C17H29N/c1-6-9-18-12-16(5)15(4)11-17-8-7-13(2)14(3)10-17/h7-8,10,15-16,18H,6,9,11-12H2,1-5H3. The van der Waals surface area contributed by atoms with Crippen LogP contribution < -0.4 is 5.32 Å². The van der Waals surface area contributed by atoms with Crippen LogP contribution in [0, 0.1) is 25.7 Å². The molecule has 0 spiro atoms. The molecule has 0 heterocycles. The topological polar surface area (TPSA) is 12.0 Å². The van der Waals surface area contributed by atoms with Gasteiger partial charge in [-0.25, -0.2) is 0 Å². The van der Waals surface area contributed by atoms with Crippen LogP contribution in [0.2, 0.25) is 0 Å². The normalized spacial score (nSPS) is 14.5. The first-order chi connectivity index (χ1) is 8.54. The Morgan fingerprint density at radius 3 is 2.39 bits per heavy atom. The predicted molar refractivity (Wildman–Crippen MR) is 81.1 cm³/mol. The zero-order valence-electron chi connectivity index (χ0n) is 12.7. The molecule has 18 heavy (non-hydrogen) atoms. The van der Waals surface area contributed by atoms with Crippen LogP contribution in [-0.2, 0) is 6.42 Å². The van der Waals surface area contributed by atoms with Crippen molar-refractivity contribution in [2.45, 2.75) is 47.5 Å². The minimum Gasteiger partial charge on any atom is -0.316 e. The Morgan fingerprint density at radius 1 is 1.06 bits per heavy atom. The molecule has 0 aromatic heterocycles. The van der Waals surface area contributed by atoms with Gasteiger partial charge in [0.05, 0.1) is 0 Å². The van der Waals surface area contributed by atoms with E-state index in [4.69, 9.17) is 0 Å². The molecule has 0 aliphatic carbocycles. The van der Waals surface area contributed by atoms with Gasteiger partial charge in [0.2, 0.25) is 0 Å². The summed E-state index contributed by atoms with van der Waals surface area (Å²) in [6.45, 7) is 13.6. The first-order valence-electron chi connectivity index (χ1n) is 7.31. The van der Waals surface area contributed by atoms with Gasteiger partial charge in [0.25, 0.3) is 0 Å². The molecule has 2 atom stereocenters. The van der Waals surface area contributed by atoms with Crippen LogP contribution in [0.4, 0.5) is 0 Å². The van der Waals surface area contributed by atoms with Crippen molar-refractivity contribution < 1.29 is 0 Å². The minimum atomic E-state index is 0.733. The fourth-order valence-corrected chi connectivity index (χ4v) is 2.21. The summed E-state index contributed by atoms with van der Waals surface area (Å²) in [7, 11) is 0. The number of hydrogen-bond donors (Lipinski definition) is 1. The van der Waals surface area contributed by atoms with Gasteiger partial charge in [-0.05, 0) is 68.3 Å². The summed E-state index contributed by atoms with van der Waals surface area (Å²) in [5.41, 5.74) is 4.29. The Bertz CT molecular complexity index is 357. The van der Waals surface area contributed by atoms with Gasteiger partial charge in [0.1, 0.15) is 0 Å². The van der Waals surface area contributed by atoms with E-state index in [1.165, 1.54) is 29.5 Å². The molecule has 0 saturated heterocycles. The highest BCUT2D eigenvalue weighted by atomic mass is 14.8. The van der Waals surface area contributed by atoms with Gasteiger partial charge in [-0.3, -0.25) is 0 Å². The van der Waals surface area contributed by atoms with Crippen LogP contribution in [0.1, 0.15) is 43.9 Å². The maximum absolute atomic E-state index is 3.52. The molecule has 0 fully saturated rings. The Balaban J connectivity index is 2.47. The van der Waals surface area contributed by atoms with Crippen molar-refractivity contribution in [2.24, 2.45) is 11.8 Å². The minimum absolute atomic E-state index is 0.733. The summed E-state index contributed by atoms with van der Waals surface area (Å²) in [4.78, 5) is 0.